The van der Waals surface area contributed by atoms with Crippen LogP contribution in [0.2, 0.25) is 0 Å². The van der Waals surface area contributed by atoms with Gasteiger partial charge in [0.15, 0.2) is 0 Å². The average Bonchev–Trinajstić information content (AvgIpc) is 2.66. The number of benzene rings is 1. The summed E-state index contributed by atoms with van der Waals surface area (Å²) in [6.45, 7) is 4.03. The van der Waals surface area contributed by atoms with Gasteiger partial charge in [-0.15, -0.1) is 0 Å². The molecule has 1 aromatic rings. The molecule has 2 rings (SSSR count). The standard InChI is InChI=1S/C19H28F3N3O2/c1-15(17(23)16-6-3-2-4-7-16)18(26)25-11-9-24(10-12-25)8-5-13-27-14-19(20,21)22/h2-4,6-7,15,17H,5,8-14,23H2,1H3. The molecule has 2 N–H and O–H groups in total. The number of ether oxygens (including phenoxy) is 1. The number of amides is 1. The van der Waals surface area contributed by atoms with Gasteiger partial charge in [-0.1, -0.05) is 37.3 Å². The Hall–Kier alpha value is -1.64. The fraction of sp³-hybridized carbons (Fsp3) is 0.632. The fourth-order valence-electron chi connectivity index (χ4n) is 3.18. The summed E-state index contributed by atoms with van der Waals surface area (Å²) in [6.07, 6.45) is -3.73. The number of piperazine rings is 1. The largest absolute Gasteiger partial charge is 0.411 e. The van der Waals surface area contributed by atoms with Gasteiger partial charge in [0.1, 0.15) is 6.61 Å². The molecule has 1 aliphatic heterocycles. The molecule has 1 aliphatic rings. The highest BCUT2D eigenvalue weighted by molar-refractivity contribution is 5.79. The molecule has 152 valence electrons. The quantitative estimate of drug-likeness (QED) is 0.696. The van der Waals surface area contributed by atoms with E-state index in [1.807, 2.05) is 42.2 Å². The highest BCUT2D eigenvalue weighted by Crippen LogP contribution is 2.21. The van der Waals surface area contributed by atoms with Crippen molar-refractivity contribution in [2.24, 2.45) is 11.7 Å². The Morgan fingerprint density at radius 2 is 1.81 bits per heavy atom. The van der Waals surface area contributed by atoms with E-state index in [1.54, 1.807) is 0 Å². The molecule has 0 aliphatic carbocycles. The minimum absolute atomic E-state index is 0.0412. The first-order valence-electron chi connectivity index (χ1n) is 9.24. The van der Waals surface area contributed by atoms with Crippen molar-refractivity contribution >= 4 is 5.91 Å². The molecule has 1 saturated heterocycles. The van der Waals surface area contributed by atoms with Crippen molar-refractivity contribution in [3.05, 3.63) is 35.9 Å². The summed E-state index contributed by atoms with van der Waals surface area (Å²) in [6, 6.07) is 9.23. The van der Waals surface area contributed by atoms with Crippen LogP contribution in [0.25, 0.3) is 0 Å². The maximum Gasteiger partial charge on any atom is 0.411 e. The van der Waals surface area contributed by atoms with Crippen LogP contribution >= 0.6 is 0 Å². The fourth-order valence-corrected chi connectivity index (χ4v) is 3.18. The zero-order valence-corrected chi connectivity index (χ0v) is 15.6. The molecule has 0 saturated carbocycles. The van der Waals surface area contributed by atoms with Crippen LogP contribution in [0.3, 0.4) is 0 Å². The number of hydrogen-bond acceptors (Lipinski definition) is 4. The summed E-state index contributed by atoms with van der Waals surface area (Å²) in [5.74, 6) is -0.269. The lowest BCUT2D eigenvalue weighted by Crippen LogP contribution is -2.51. The topological polar surface area (TPSA) is 58.8 Å². The van der Waals surface area contributed by atoms with Crippen molar-refractivity contribution in [1.82, 2.24) is 9.80 Å². The Kier molecular flexibility index (Phi) is 8.07. The number of nitrogens with zero attached hydrogens (tertiary/aromatic N) is 2. The van der Waals surface area contributed by atoms with E-state index in [9.17, 15) is 18.0 Å². The third kappa shape index (κ3) is 7.12. The van der Waals surface area contributed by atoms with Crippen LogP contribution in [0, 0.1) is 5.92 Å². The van der Waals surface area contributed by atoms with Gasteiger partial charge in [-0.05, 0) is 12.0 Å². The van der Waals surface area contributed by atoms with Gasteiger partial charge in [0, 0.05) is 45.4 Å². The SMILES string of the molecule is CC(C(=O)N1CCN(CCCOCC(F)(F)F)CC1)C(N)c1ccccc1. The number of hydrogen-bond donors (Lipinski definition) is 1. The Labute approximate surface area is 158 Å². The van der Waals surface area contributed by atoms with Gasteiger partial charge in [-0.2, -0.15) is 13.2 Å². The van der Waals surface area contributed by atoms with E-state index >= 15 is 0 Å². The first-order valence-corrected chi connectivity index (χ1v) is 9.24. The van der Waals surface area contributed by atoms with Gasteiger partial charge < -0.3 is 15.4 Å². The first kappa shape index (κ1) is 21.7. The van der Waals surface area contributed by atoms with Crippen LogP contribution < -0.4 is 5.73 Å². The van der Waals surface area contributed by atoms with Gasteiger partial charge in [0.2, 0.25) is 5.91 Å². The molecular formula is C19H28F3N3O2. The third-order valence-corrected chi connectivity index (χ3v) is 4.83. The lowest BCUT2D eigenvalue weighted by atomic mass is 9.94. The van der Waals surface area contributed by atoms with E-state index in [0.29, 0.717) is 39.1 Å². The predicted octanol–water partition coefficient (Wildman–Crippen LogP) is 2.44. The molecule has 2 unspecified atom stereocenters. The van der Waals surface area contributed by atoms with Crippen LogP contribution in [-0.4, -0.2) is 67.8 Å². The smallest absolute Gasteiger partial charge is 0.372 e. The zero-order chi connectivity index (χ0) is 19.9. The van der Waals surface area contributed by atoms with Gasteiger partial charge in [0.25, 0.3) is 0 Å². The minimum Gasteiger partial charge on any atom is -0.372 e. The van der Waals surface area contributed by atoms with Crippen LogP contribution in [-0.2, 0) is 9.53 Å². The molecule has 2 atom stereocenters. The molecule has 1 aromatic carbocycles. The summed E-state index contributed by atoms with van der Waals surface area (Å²) < 4.78 is 40.6. The molecule has 5 nitrogen and oxygen atoms in total. The molecule has 0 radical (unpaired) electrons. The maximum absolute atomic E-state index is 12.7. The molecule has 0 aromatic heterocycles. The van der Waals surface area contributed by atoms with Crippen molar-refractivity contribution in [1.29, 1.82) is 0 Å². The Bertz CT molecular complexity index is 575. The van der Waals surface area contributed by atoms with E-state index in [4.69, 9.17) is 5.73 Å². The van der Waals surface area contributed by atoms with E-state index in [1.165, 1.54) is 0 Å². The number of rotatable bonds is 8. The number of nitrogens with two attached hydrogens (primary N) is 1. The zero-order valence-electron chi connectivity index (χ0n) is 15.6. The summed E-state index contributed by atoms with van der Waals surface area (Å²) in [5.41, 5.74) is 7.19. The average molecular weight is 387 g/mol. The molecule has 0 bridgehead atoms. The van der Waals surface area contributed by atoms with E-state index in [-0.39, 0.29) is 24.5 Å². The van der Waals surface area contributed by atoms with Crippen LogP contribution in [0.15, 0.2) is 30.3 Å². The molecule has 27 heavy (non-hydrogen) atoms. The summed E-state index contributed by atoms with van der Waals surface area (Å²) in [4.78, 5) is 16.7. The first-order chi connectivity index (χ1) is 12.8. The van der Waals surface area contributed by atoms with E-state index in [2.05, 4.69) is 9.64 Å². The highest BCUT2D eigenvalue weighted by atomic mass is 19.4. The Morgan fingerprint density at radius 3 is 2.41 bits per heavy atom. The highest BCUT2D eigenvalue weighted by Gasteiger charge is 2.29. The van der Waals surface area contributed by atoms with E-state index in [0.717, 1.165) is 5.56 Å². The third-order valence-electron chi connectivity index (χ3n) is 4.83. The van der Waals surface area contributed by atoms with Crippen molar-refractivity contribution in [2.45, 2.75) is 25.6 Å². The molecule has 1 amide bonds. The second-order valence-corrected chi connectivity index (χ2v) is 6.91. The second kappa shape index (κ2) is 10.1. The van der Waals surface area contributed by atoms with Gasteiger partial charge in [-0.3, -0.25) is 9.69 Å². The van der Waals surface area contributed by atoms with Gasteiger partial charge in [0.05, 0.1) is 5.92 Å². The summed E-state index contributed by atoms with van der Waals surface area (Å²) in [5, 5.41) is 0. The molecule has 8 heteroatoms. The lowest BCUT2D eigenvalue weighted by molar-refractivity contribution is -0.174. The number of halogens is 3. The predicted molar refractivity (Wildman–Crippen MR) is 97.0 cm³/mol. The molecular weight excluding hydrogens is 359 g/mol. The second-order valence-electron chi connectivity index (χ2n) is 6.91. The van der Waals surface area contributed by atoms with Crippen LogP contribution in [0.4, 0.5) is 13.2 Å². The maximum atomic E-state index is 12.7. The minimum atomic E-state index is -4.27. The Balaban J connectivity index is 1.69. The van der Waals surface area contributed by atoms with Crippen molar-refractivity contribution in [3.63, 3.8) is 0 Å². The van der Waals surface area contributed by atoms with Crippen molar-refractivity contribution < 1.29 is 22.7 Å². The van der Waals surface area contributed by atoms with E-state index < -0.39 is 12.8 Å². The van der Waals surface area contributed by atoms with Crippen molar-refractivity contribution in [3.8, 4) is 0 Å². The van der Waals surface area contributed by atoms with Crippen LogP contribution in [0.1, 0.15) is 24.9 Å². The number of carbonyl (C=O) groups is 1. The lowest BCUT2D eigenvalue weighted by Gasteiger charge is -2.36. The van der Waals surface area contributed by atoms with Crippen LogP contribution in [0.5, 0.6) is 0 Å². The molecule has 1 fully saturated rings. The monoisotopic (exact) mass is 387 g/mol. The normalized spacial score (nSPS) is 18.3. The van der Waals surface area contributed by atoms with Gasteiger partial charge >= 0.3 is 6.18 Å². The molecule has 0 spiro atoms. The number of alkyl halides is 3. The summed E-state index contributed by atoms with van der Waals surface area (Å²) in [7, 11) is 0. The number of carbonyl (C=O) groups excluding carboxylic acids is 1. The Morgan fingerprint density at radius 1 is 1.19 bits per heavy atom. The van der Waals surface area contributed by atoms with Crippen molar-refractivity contribution in [2.75, 3.05) is 45.9 Å². The van der Waals surface area contributed by atoms with Gasteiger partial charge in [-0.25, -0.2) is 0 Å². The molecule has 1 heterocycles. The summed E-state index contributed by atoms with van der Waals surface area (Å²) >= 11 is 0.